The van der Waals surface area contributed by atoms with Crippen molar-refractivity contribution >= 4 is 28.2 Å². The smallest absolute Gasteiger partial charge is 0.265 e. The first-order valence-electron chi connectivity index (χ1n) is 6.27. The molecule has 6 heteroatoms. The van der Waals surface area contributed by atoms with Gasteiger partial charge in [-0.05, 0) is 20.3 Å². The summed E-state index contributed by atoms with van der Waals surface area (Å²) in [5.74, 6) is 0.193. The van der Waals surface area contributed by atoms with Crippen LogP contribution in [-0.2, 0) is 0 Å². The van der Waals surface area contributed by atoms with E-state index >= 15 is 0 Å². The van der Waals surface area contributed by atoms with Crippen LogP contribution >= 0.6 is 11.3 Å². The fourth-order valence-corrected chi connectivity index (χ4v) is 2.49. The van der Waals surface area contributed by atoms with Gasteiger partial charge in [-0.2, -0.15) is 0 Å². The highest BCUT2D eigenvalue weighted by Crippen LogP contribution is 2.27. The number of amides is 1. The molecule has 18 heavy (non-hydrogen) atoms. The van der Waals surface area contributed by atoms with Crippen LogP contribution in [0.15, 0.2) is 0 Å². The van der Waals surface area contributed by atoms with Crippen LogP contribution in [0.2, 0.25) is 0 Å². The number of nitrogens with two attached hydrogens (primary N) is 1. The summed E-state index contributed by atoms with van der Waals surface area (Å²) in [6.45, 7) is 6.96. The molecule has 1 rings (SSSR count). The van der Waals surface area contributed by atoms with Crippen LogP contribution in [0.25, 0.3) is 0 Å². The SMILES string of the molecule is CCCC(C)NC(=O)c1sc(N(C)CC)nc1N. The number of aromatic nitrogens is 1. The van der Waals surface area contributed by atoms with Crippen LogP contribution in [0.5, 0.6) is 0 Å². The minimum Gasteiger partial charge on any atom is -0.382 e. The number of rotatable bonds is 6. The van der Waals surface area contributed by atoms with Gasteiger partial charge in [-0.3, -0.25) is 4.79 Å². The third kappa shape index (κ3) is 3.60. The monoisotopic (exact) mass is 270 g/mol. The summed E-state index contributed by atoms with van der Waals surface area (Å²) in [6.07, 6.45) is 2.01. The molecular weight excluding hydrogens is 248 g/mol. The second-order valence-electron chi connectivity index (χ2n) is 4.39. The van der Waals surface area contributed by atoms with Gasteiger partial charge in [0.15, 0.2) is 5.13 Å². The summed E-state index contributed by atoms with van der Waals surface area (Å²) in [4.78, 5) is 18.7. The number of nitrogens with one attached hydrogen (secondary N) is 1. The van der Waals surface area contributed by atoms with E-state index in [2.05, 4.69) is 17.2 Å². The third-order valence-corrected chi connectivity index (χ3v) is 3.93. The van der Waals surface area contributed by atoms with Crippen molar-refractivity contribution in [2.24, 2.45) is 0 Å². The van der Waals surface area contributed by atoms with E-state index < -0.39 is 0 Å². The molecule has 1 aromatic rings. The number of hydrogen-bond donors (Lipinski definition) is 2. The Kier molecular flexibility index (Phi) is 5.40. The van der Waals surface area contributed by atoms with Gasteiger partial charge in [-0.25, -0.2) is 4.98 Å². The first-order chi connectivity index (χ1) is 8.49. The maximum atomic E-state index is 12.0. The Morgan fingerprint density at radius 3 is 2.78 bits per heavy atom. The van der Waals surface area contributed by atoms with E-state index in [1.165, 1.54) is 11.3 Å². The van der Waals surface area contributed by atoms with Gasteiger partial charge >= 0.3 is 0 Å². The highest BCUT2D eigenvalue weighted by Gasteiger charge is 2.18. The van der Waals surface area contributed by atoms with Crippen molar-refractivity contribution < 1.29 is 4.79 Å². The summed E-state index contributed by atoms with van der Waals surface area (Å²) < 4.78 is 0. The first kappa shape index (κ1) is 14.8. The minimum atomic E-state index is -0.123. The molecule has 1 aromatic heterocycles. The predicted octanol–water partition coefficient (Wildman–Crippen LogP) is 2.10. The van der Waals surface area contributed by atoms with Crippen LogP contribution in [0.3, 0.4) is 0 Å². The van der Waals surface area contributed by atoms with Gasteiger partial charge in [0, 0.05) is 19.6 Å². The van der Waals surface area contributed by atoms with Crippen molar-refractivity contribution in [3.05, 3.63) is 4.88 Å². The maximum Gasteiger partial charge on any atom is 0.265 e. The summed E-state index contributed by atoms with van der Waals surface area (Å²) in [5.41, 5.74) is 5.80. The Hall–Kier alpha value is -1.30. The number of anilines is 2. The molecule has 0 bridgehead atoms. The van der Waals surface area contributed by atoms with Crippen molar-refractivity contribution in [3.8, 4) is 0 Å². The number of hydrogen-bond acceptors (Lipinski definition) is 5. The fourth-order valence-electron chi connectivity index (χ4n) is 1.58. The summed E-state index contributed by atoms with van der Waals surface area (Å²) >= 11 is 1.34. The Morgan fingerprint density at radius 1 is 1.56 bits per heavy atom. The molecule has 3 N–H and O–H groups in total. The number of carbonyl (C=O) groups is 1. The van der Waals surface area contributed by atoms with Crippen molar-refractivity contribution in [1.82, 2.24) is 10.3 Å². The molecular formula is C12H22N4OS. The molecule has 0 aromatic carbocycles. The molecule has 0 spiro atoms. The molecule has 0 radical (unpaired) electrons. The minimum absolute atomic E-state index is 0.123. The Morgan fingerprint density at radius 2 is 2.22 bits per heavy atom. The Balaban J connectivity index is 2.77. The normalized spacial score (nSPS) is 12.2. The van der Waals surface area contributed by atoms with Crippen LogP contribution < -0.4 is 16.0 Å². The van der Waals surface area contributed by atoms with Gasteiger partial charge in [0.1, 0.15) is 10.7 Å². The lowest BCUT2D eigenvalue weighted by atomic mass is 10.2. The molecule has 1 atom stereocenters. The van der Waals surface area contributed by atoms with Crippen LogP contribution in [0.1, 0.15) is 43.3 Å². The lowest BCUT2D eigenvalue weighted by Crippen LogP contribution is -2.32. The van der Waals surface area contributed by atoms with E-state index in [4.69, 9.17) is 5.73 Å². The number of nitrogen functional groups attached to an aromatic ring is 1. The van der Waals surface area contributed by atoms with Crippen molar-refractivity contribution in [2.75, 3.05) is 24.2 Å². The summed E-state index contributed by atoms with van der Waals surface area (Å²) in [5, 5.41) is 3.72. The standard InChI is InChI=1S/C12H22N4OS/c1-5-7-8(3)14-11(17)9-10(13)15-12(18-9)16(4)6-2/h8H,5-7,13H2,1-4H3,(H,14,17). The number of thiazole rings is 1. The molecule has 0 fully saturated rings. The van der Waals surface area contributed by atoms with Gasteiger partial charge in [-0.1, -0.05) is 24.7 Å². The number of carbonyl (C=O) groups excluding carboxylic acids is 1. The summed E-state index contributed by atoms with van der Waals surface area (Å²) in [7, 11) is 1.93. The zero-order chi connectivity index (χ0) is 13.7. The van der Waals surface area contributed by atoms with Gasteiger partial charge in [0.25, 0.3) is 5.91 Å². The van der Waals surface area contributed by atoms with Crippen molar-refractivity contribution in [3.63, 3.8) is 0 Å². The molecule has 102 valence electrons. The summed E-state index contributed by atoms with van der Waals surface area (Å²) in [6, 6.07) is 0.163. The fraction of sp³-hybridized carbons (Fsp3) is 0.667. The average molecular weight is 270 g/mol. The van der Waals surface area contributed by atoms with Crippen LogP contribution in [-0.4, -0.2) is 30.5 Å². The van der Waals surface area contributed by atoms with Crippen LogP contribution in [0, 0.1) is 0 Å². The van der Waals surface area contributed by atoms with Gasteiger partial charge in [-0.15, -0.1) is 0 Å². The lowest BCUT2D eigenvalue weighted by Gasteiger charge is -2.12. The van der Waals surface area contributed by atoms with Gasteiger partial charge in [0.05, 0.1) is 0 Å². The second-order valence-corrected chi connectivity index (χ2v) is 5.37. The maximum absolute atomic E-state index is 12.0. The molecule has 1 heterocycles. The Bertz CT molecular complexity index is 405. The average Bonchev–Trinajstić information content (AvgIpc) is 2.70. The molecule has 1 amide bonds. The zero-order valence-electron chi connectivity index (χ0n) is 11.5. The van der Waals surface area contributed by atoms with E-state index in [1.807, 2.05) is 25.8 Å². The van der Waals surface area contributed by atoms with E-state index in [1.54, 1.807) is 0 Å². The zero-order valence-corrected chi connectivity index (χ0v) is 12.3. The quantitative estimate of drug-likeness (QED) is 0.830. The highest BCUT2D eigenvalue weighted by molar-refractivity contribution is 7.18. The van der Waals surface area contributed by atoms with Crippen molar-refractivity contribution in [1.29, 1.82) is 0 Å². The highest BCUT2D eigenvalue weighted by atomic mass is 32.1. The Labute approximate surface area is 112 Å². The molecule has 0 aliphatic carbocycles. The molecule has 0 aliphatic heterocycles. The van der Waals surface area contributed by atoms with Gasteiger partial charge in [0.2, 0.25) is 0 Å². The first-order valence-corrected chi connectivity index (χ1v) is 7.09. The topological polar surface area (TPSA) is 71.2 Å². The lowest BCUT2D eigenvalue weighted by molar-refractivity contribution is 0.0943. The third-order valence-electron chi connectivity index (χ3n) is 2.75. The molecule has 0 aliphatic rings. The molecule has 0 saturated heterocycles. The molecule has 0 saturated carbocycles. The second kappa shape index (κ2) is 6.58. The van der Waals surface area contributed by atoms with E-state index in [9.17, 15) is 4.79 Å². The number of nitrogens with zero attached hydrogens (tertiary/aromatic N) is 2. The predicted molar refractivity (Wildman–Crippen MR) is 77.3 cm³/mol. The van der Waals surface area contributed by atoms with Gasteiger partial charge < -0.3 is 16.0 Å². The largest absolute Gasteiger partial charge is 0.382 e. The molecule has 1 unspecified atom stereocenters. The van der Waals surface area contributed by atoms with Crippen molar-refractivity contribution in [2.45, 2.75) is 39.7 Å². The van der Waals surface area contributed by atoms with Crippen LogP contribution in [0.4, 0.5) is 10.9 Å². The van der Waals surface area contributed by atoms with E-state index in [0.717, 1.165) is 24.5 Å². The van der Waals surface area contributed by atoms with E-state index in [0.29, 0.717) is 10.7 Å². The molecule has 5 nitrogen and oxygen atoms in total. The van der Waals surface area contributed by atoms with E-state index in [-0.39, 0.29) is 11.9 Å².